The molecule has 1 saturated heterocycles. The van der Waals surface area contributed by atoms with Gasteiger partial charge in [-0.25, -0.2) is 0 Å². The van der Waals surface area contributed by atoms with Crippen molar-refractivity contribution in [2.75, 3.05) is 19.7 Å². The standard InChI is InChI=1S/C12H21NO2/c1-2-15-11(14)12-7-5-3-4-6-10(12)8-13-9-12/h10,13H,2-9H2,1H3/t10-,12-/m1/s1. The Morgan fingerprint density at radius 3 is 3.13 bits per heavy atom. The minimum absolute atomic E-state index is 0.0434. The summed E-state index contributed by atoms with van der Waals surface area (Å²) in [7, 11) is 0. The maximum atomic E-state index is 12.1. The molecule has 1 aliphatic carbocycles. The molecule has 0 unspecified atom stereocenters. The quantitative estimate of drug-likeness (QED) is 0.707. The lowest BCUT2D eigenvalue weighted by atomic mass is 9.74. The summed E-state index contributed by atoms with van der Waals surface area (Å²) in [5.41, 5.74) is -0.188. The van der Waals surface area contributed by atoms with E-state index >= 15 is 0 Å². The van der Waals surface area contributed by atoms with Gasteiger partial charge in [0.2, 0.25) is 0 Å². The molecule has 0 aromatic heterocycles. The highest BCUT2D eigenvalue weighted by Gasteiger charge is 2.49. The zero-order valence-electron chi connectivity index (χ0n) is 9.55. The maximum Gasteiger partial charge on any atom is 0.313 e. The molecule has 0 bridgehead atoms. The van der Waals surface area contributed by atoms with Gasteiger partial charge >= 0.3 is 5.97 Å². The molecule has 1 heterocycles. The van der Waals surface area contributed by atoms with Gasteiger partial charge in [0.1, 0.15) is 0 Å². The molecule has 0 amide bonds. The van der Waals surface area contributed by atoms with Crippen LogP contribution in [0.25, 0.3) is 0 Å². The van der Waals surface area contributed by atoms with Gasteiger partial charge in [-0.2, -0.15) is 0 Å². The number of fused-ring (bicyclic) bond motifs is 1. The normalized spacial score (nSPS) is 35.7. The lowest BCUT2D eigenvalue weighted by molar-refractivity contribution is -0.157. The van der Waals surface area contributed by atoms with Crippen LogP contribution in [0.1, 0.15) is 39.0 Å². The van der Waals surface area contributed by atoms with E-state index in [0.29, 0.717) is 12.5 Å². The SMILES string of the molecule is CCOC(=O)[C@@]12CCCCC[C@@H]1CNC2. The molecule has 3 nitrogen and oxygen atoms in total. The van der Waals surface area contributed by atoms with Gasteiger partial charge in [-0.3, -0.25) is 4.79 Å². The van der Waals surface area contributed by atoms with Gasteiger partial charge in [0, 0.05) is 6.54 Å². The lowest BCUT2D eigenvalue weighted by Gasteiger charge is -2.30. The predicted octanol–water partition coefficient (Wildman–Crippen LogP) is 1.72. The van der Waals surface area contributed by atoms with Crippen LogP contribution >= 0.6 is 0 Å². The Balaban J connectivity index is 2.15. The number of nitrogens with one attached hydrogen (secondary N) is 1. The van der Waals surface area contributed by atoms with Crippen LogP contribution in [0.4, 0.5) is 0 Å². The van der Waals surface area contributed by atoms with Gasteiger partial charge in [-0.15, -0.1) is 0 Å². The fraction of sp³-hybridized carbons (Fsp3) is 0.917. The van der Waals surface area contributed by atoms with E-state index in [0.717, 1.165) is 19.5 Å². The van der Waals surface area contributed by atoms with Crippen molar-refractivity contribution in [2.24, 2.45) is 11.3 Å². The third kappa shape index (κ3) is 1.89. The van der Waals surface area contributed by atoms with Gasteiger partial charge in [-0.05, 0) is 32.2 Å². The molecule has 15 heavy (non-hydrogen) atoms. The second kappa shape index (κ2) is 4.52. The van der Waals surface area contributed by atoms with Crippen molar-refractivity contribution in [1.82, 2.24) is 5.32 Å². The molecular weight excluding hydrogens is 190 g/mol. The molecular formula is C12H21NO2. The topological polar surface area (TPSA) is 38.3 Å². The second-order valence-corrected chi connectivity index (χ2v) is 4.80. The highest BCUT2D eigenvalue weighted by atomic mass is 16.5. The highest BCUT2D eigenvalue weighted by Crippen LogP contribution is 2.43. The van der Waals surface area contributed by atoms with Crippen molar-refractivity contribution < 1.29 is 9.53 Å². The van der Waals surface area contributed by atoms with E-state index in [9.17, 15) is 4.79 Å². The van der Waals surface area contributed by atoms with Crippen LogP contribution in [0.2, 0.25) is 0 Å². The molecule has 0 radical (unpaired) electrons. The summed E-state index contributed by atoms with van der Waals surface area (Å²) in [5.74, 6) is 0.556. The Bertz CT molecular complexity index is 242. The van der Waals surface area contributed by atoms with E-state index in [2.05, 4.69) is 5.32 Å². The summed E-state index contributed by atoms with van der Waals surface area (Å²) in [4.78, 5) is 12.1. The van der Waals surface area contributed by atoms with Crippen LogP contribution in [-0.2, 0) is 9.53 Å². The number of rotatable bonds is 2. The highest BCUT2D eigenvalue weighted by molar-refractivity contribution is 5.78. The molecule has 2 atom stereocenters. The third-order valence-electron chi connectivity index (χ3n) is 3.97. The summed E-state index contributed by atoms with van der Waals surface area (Å²) in [6.07, 6.45) is 5.93. The lowest BCUT2D eigenvalue weighted by Crippen LogP contribution is -2.39. The summed E-state index contributed by atoms with van der Waals surface area (Å²) >= 11 is 0. The van der Waals surface area contributed by atoms with E-state index in [1.165, 1.54) is 25.7 Å². The van der Waals surface area contributed by atoms with Crippen molar-refractivity contribution >= 4 is 5.97 Å². The number of hydrogen-bond acceptors (Lipinski definition) is 3. The molecule has 0 aromatic carbocycles. The first-order chi connectivity index (χ1) is 7.29. The molecule has 1 aliphatic heterocycles. The smallest absolute Gasteiger partial charge is 0.313 e. The number of hydrogen-bond donors (Lipinski definition) is 1. The number of carbonyl (C=O) groups is 1. The summed E-state index contributed by atoms with van der Waals surface area (Å²) in [6.45, 7) is 4.23. The fourth-order valence-electron chi connectivity index (χ4n) is 3.10. The van der Waals surface area contributed by atoms with Crippen LogP contribution < -0.4 is 5.32 Å². The Labute approximate surface area is 91.6 Å². The largest absolute Gasteiger partial charge is 0.466 e. The Morgan fingerprint density at radius 1 is 1.47 bits per heavy atom. The Morgan fingerprint density at radius 2 is 2.33 bits per heavy atom. The summed E-state index contributed by atoms with van der Waals surface area (Å²) < 4.78 is 5.26. The number of esters is 1. The van der Waals surface area contributed by atoms with Gasteiger partial charge < -0.3 is 10.1 Å². The van der Waals surface area contributed by atoms with E-state index in [-0.39, 0.29) is 11.4 Å². The second-order valence-electron chi connectivity index (χ2n) is 4.80. The first-order valence-electron chi connectivity index (χ1n) is 6.17. The molecule has 1 N–H and O–H groups in total. The molecule has 86 valence electrons. The number of ether oxygens (including phenoxy) is 1. The predicted molar refractivity (Wildman–Crippen MR) is 58.5 cm³/mol. The van der Waals surface area contributed by atoms with Crippen molar-refractivity contribution in [1.29, 1.82) is 0 Å². The average Bonchev–Trinajstić information content (AvgIpc) is 2.53. The maximum absolute atomic E-state index is 12.1. The van der Waals surface area contributed by atoms with Crippen molar-refractivity contribution in [3.05, 3.63) is 0 Å². The molecule has 2 fully saturated rings. The summed E-state index contributed by atoms with van der Waals surface area (Å²) in [6, 6.07) is 0. The third-order valence-corrected chi connectivity index (χ3v) is 3.97. The fourth-order valence-corrected chi connectivity index (χ4v) is 3.10. The van der Waals surface area contributed by atoms with Crippen molar-refractivity contribution in [3.63, 3.8) is 0 Å². The van der Waals surface area contributed by atoms with Crippen LogP contribution in [-0.4, -0.2) is 25.7 Å². The average molecular weight is 211 g/mol. The van der Waals surface area contributed by atoms with Crippen LogP contribution in [0.3, 0.4) is 0 Å². The Kier molecular flexibility index (Phi) is 3.29. The van der Waals surface area contributed by atoms with Crippen molar-refractivity contribution in [2.45, 2.75) is 39.0 Å². The first-order valence-corrected chi connectivity index (χ1v) is 6.17. The van der Waals surface area contributed by atoms with E-state index in [1.807, 2.05) is 6.92 Å². The molecule has 3 heteroatoms. The first kappa shape index (κ1) is 10.9. The van der Waals surface area contributed by atoms with Crippen LogP contribution in [0, 0.1) is 11.3 Å². The number of carbonyl (C=O) groups excluding carboxylic acids is 1. The van der Waals surface area contributed by atoms with E-state index in [4.69, 9.17) is 4.74 Å². The van der Waals surface area contributed by atoms with Crippen LogP contribution in [0.15, 0.2) is 0 Å². The van der Waals surface area contributed by atoms with E-state index in [1.54, 1.807) is 0 Å². The minimum Gasteiger partial charge on any atom is -0.466 e. The van der Waals surface area contributed by atoms with Crippen molar-refractivity contribution in [3.8, 4) is 0 Å². The van der Waals surface area contributed by atoms with Gasteiger partial charge in [0.25, 0.3) is 0 Å². The monoisotopic (exact) mass is 211 g/mol. The zero-order valence-corrected chi connectivity index (χ0v) is 9.55. The van der Waals surface area contributed by atoms with Gasteiger partial charge in [0.05, 0.1) is 12.0 Å². The van der Waals surface area contributed by atoms with E-state index < -0.39 is 0 Å². The summed E-state index contributed by atoms with van der Waals surface area (Å²) in [5, 5.41) is 3.37. The minimum atomic E-state index is -0.188. The molecule has 0 spiro atoms. The molecule has 1 saturated carbocycles. The molecule has 0 aromatic rings. The van der Waals surface area contributed by atoms with Crippen LogP contribution in [0.5, 0.6) is 0 Å². The molecule has 2 aliphatic rings. The van der Waals surface area contributed by atoms with Gasteiger partial charge in [-0.1, -0.05) is 19.3 Å². The molecule has 2 rings (SSSR count). The zero-order chi connectivity index (χ0) is 10.7. The Hall–Kier alpha value is -0.570. The van der Waals surface area contributed by atoms with Gasteiger partial charge in [0.15, 0.2) is 0 Å².